The fraction of sp³-hybridized carbons (Fsp3) is 0.136. The van der Waals surface area contributed by atoms with E-state index in [1.807, 2.05) is 48.5 Å². The van der Waals surface area contributed by atoms with Gasteiger partial charge in [-0.25, -0.2) is 4.98 Å². The number of nitrogens with zero attached hydrogens (tertiary/aromatic N) is 3. The molecule has 4 aromatic rings. The zero-order valence-electron chi connectivity index (χ0n) is 15.2. The third kappa shape index (κ3) is 3.32. The van der Waals surface area contributed by atoms with Crippen molar-refractivity contribution < 1.29 is 4.74 Å². The second kappa shape index (κ2) is 7.15. The van der Waals surface area contributed by atoms with Crippen LogP contribution in [0.3, 0.4) is 0 Å². The molecule has 0 fully saturated rings. The van der Waals surface area contributed by atoms with E-state index < -0.39 is 0 Å². The standard InChI is InChI=1S/C22H19N5O/c1-2-10-23-17(3-1)14-28-18-7-4-15(5-8-18)22-26-19-9-6-16(13-20(19)27-22)21-24-11-12-25-21/h1-10,13H,11-12,14H2,(H,24,25)(H,26,27). The minimum atomic E-state index is 0.450. The number of fused-ring (bicyclic) bond motifs is 1. The van der Waals surface area contributed by atoms with Crippen molar-refractivity contribution in [2.75, 3.05) is 13.1 Å². The molecule has 138 valence electrons. The number of imidazole rings is 1. The maximum absolute atomic E-state index is 5.80. The van der Waals surface area contributed by atoms with Gasteiger partial charge < -0.3 is 15.0 Å². The number of aromatic amines is 1. The van der Waals surface area contributed by atoms with Crippen molar-refractivity contribution in [1.29, 1.82) is 0 Å². The van der Waals surface area contributed by atoms with Gasteiger partial charge in [-0.2, -0.15) is 0 Å². The molecule has 6 nitrogen and oxygen atoms in total. The van der Waals surface area contributed by atoms with Crippen LogP contribution in [0.4, 0.5) is 0 Å². The predicted molar refractivity (Wildman–Crippen MR) is 110 cm³/mol. The van der Waals surface area contributed by atoms with Crippen molar-refractivity contribution in [2.45, 2.75) is 6.61 Å². The van der Waals surface area contributed by atoms with Crippen molar-refractivity contribution >= 4 is 16.9 Å². The normalized spacial score (nSPS) is 13.4. The Kier molecular flexibility index (Phi) is 4.21. The number of hydrogen-bond acceptors (Lipinski definition) is 5. The van der Waals surface area contributed by atoms with Crippen LogP contribution in [0.5, 0.6) is 5.75 Å². The fourth-order valence-corrected chi connectivity index (χ4v) is 3.23. The molecule has 0 atom stereocenters. The van der Waals surface area contributed by atoms with Crippen LogP contribution < -0.4 is 10.1 Å². The van der Waals surface area contributed by atoms with Crippen molar-refractivity contribution in [1.82, 2.24) is 20.3 Å². The summed E-state index contributed by atoms with van der Waals surface area (Å²) in [5.41, 5.74) is 4.94. The summed E-state index contributed by atoms with van der Waals surface area (Å²) < 4.78 is 5.80. The van der Waals surface area contributed by atoms with Crippen LogP contribution in [-0.4, -0.2) is 33.9 Å². The van der Waals surface area contributed by atoms with Crippen LogP contribution in [0.15, 0.2) is 71.9 Å². The van der Waals surface area contributed by atoms with Gasteiger partial charge in [-0.3, -0.25) is 9.98 Å². The lowest BCUT2D eigenvalue weighted by molar-refractivity contribution is 0.301. The Hall–Kier alpha value is -3.67. The molecule has 3 heterocycles. The van der Waals surface area contributed by atoms with Gasteiger partial charge in [-0.15, -0.1) is 0 Å². The second-order valence-corrected chi connectivity index (χ2v) is 6.61. The zero-order chi connectivity index (χ0) is 18.8. The first-order valence-corrected chi connectivity index (χ1v) is 9.27. The minimum absolute atomic E-state index is 0.450. The molecule has 2 N–H and O–H groups in total. The highest BCUT2D eigenvalue weighted by Crippen LogP contribution is 2.24. The van der Waals surface area contributed by atoms with Crippen LogP contribution in [0.2, 0.25) is 0 Å². The Morgan fingerprint density at radius 1 is 0.964 bits per heavy atom. The molecular weight excluding hydrogens is 350 g/mol. The summed E-state index contributed by atoms with van der Waals surface area (Å²) in [6.07, 6.45) is 1.77. The summed E-state index contributed by atoms with van der Waals surface area (Å²) in [7, 11) is 0. The van der Waals surface area contributed by atoms with E-state index in [0.29, 0.717) is 6.61 Å². The Bertz CT molecular complexity index is 1130. The summed E-state index contributed by atoms with van der Waals surface area (Å²) in [5, 5.41) is 3.30. The maximum Gasteiger partial charge on any atom is 0.138 e. The Balaban J connectivity index is 1.34. The summed E-state index contributed by atoms with van der Waals surface area (Å²) in [5.74, 6) is 2.59. The molecular formula is C22H19N5O. The number of benzene rings is 2. The highest BCUT2D eigenvalue weighted by molar-refractivity contribution is 6.02. The summed E-state index contributed by atoms with van der Waals surface area (Å²) in [4.78, 5) is 16.9. The van der Waals surface area contributed by atoms with E-state index in [0.717, 1.165) is 58.4 Å². The van der Waals surface area contributed by atoms with E-state index in [4.69, 9.17) is 9.72 Å². The van der Waals surface area contributed by atoms with Crippen LogP contribution in [-0.2, 0) is 6.61 Å². The molecule has 2 aromatic heterocycles. The Morgan fingerprint density at radius 3 is 2.64 bits per heavy atom. The Morgan fingerprint density at radius 2 is 1.86 bits per heavy atom. The van der Waals surface area contributed by atoms with E-state index in [1.54, 1.807) is 6.20 Å². The Labute approximate surface area is 162 Å². The number of H-pyrrole nitrogens is 1. The van der Waals surface area contributed by atoms with Crippen LogP contribution in [0.25, 0.3) is 22.4 Å². The number of amidine groups is 1. The highest BCUT2D eigenvalue weighted by atomic mass is 16.5. The van der Waals surface area contributed by atoms with E-state index in [2.05, 4.69) is 32.4 Å². The average molecular weight is 369 g/mol. The van der Waals surface area contributed by atoms with Crippen molar-refractivity contribution in [2.24, 2.45) is 4.99 Å². The molecule has 1 aliphatic heterocycles. The van der Waals surface area contributed by atoms with E-state index >= 15 is 0 Å². The molecule has 6 heteroatoms. The van der Waals surface area contributed by atoms with Crippen LogP contribution in [0, 0.1) is 0 Å². The lowest BCUT2D eigenvalue weighted by Crippen LogP contribution is -2.19. The molecule has 0 amide bonds. The number of ether oxygens (including phenoxy) is 1. The third-order valence-corrected chi connectivity index (χ3v) is 4.67. The van der Waals surface area contributed by atoms with Gasteiger partial charge in [0.1, 0.15) is 24.0 Å². The lowest BCUT2D eigenvalue weighted by atomic mass is 10.2. The topological polar surface area (TPSA) is 75.2 Å². The highest BCUT2D eigenvalue weighted by Gasteiger charge is 2.11. The smallest absolute Gasteiger partial charge is 0.138 e. The number of aromatic nitrogens is 3. The van der Waals surface area contributed by atoms with Gasteiger partial charge in [0.15, 0.2) is 0 Å². The number of nitrogens with one attached hydrogen (secondary N) is 2. The fourth-order valence-electron chi connectivity index (χ4n) is 3.23. The SMILES string of the molecule is c1ccc(COc2ccc(-c3nc4ccc(C5=NCCN5)cc4[nH]3)cc2)nc1. The minimum Gasteiger partial charge on any atom is -0.487 e. The molecule has 0 aliphatic carbocycles. The van der Waals surface area contributed by atoms with Gasteiger partial charge in [-0.05, 0) is 54.6 Å². The largest absolute Gasteiger partial charge is 0.487 e. The first kappa shape index (κ1) is 16.5. The maximum atomic E-state index is 5.80. The van der Waals surface area contributed by atoms with Gasteiger partial charge in [0.25, 0.3) is 0 Å². The zero-order valence-corrected chi connectivity index (χ0v) is 15.2. The summed E-state index contributed by atoms with van der Waals surface area (Å²) in [6, 6.07) is 19.9. The van der Waals surface area contributed by atoms with E-state index in [-0.39, 0.29) is 0 Å². The van der Waals surface area contributed by atoms with E-state index in [9.17, 15) is 0 Å². The van der Waals surface area contributed by atoms with Crippen molar-refractivity contribution in [3.8, 4) is 17.1 Å². The molecule has 0 spiro atoms. The van der Waals surface area contributed by atoms with Gasteiger partial charge in [0, 0.05) is 23.9 Å². The number of aliphatic imine (C=N–C) groups is 1. The molecule has 0 radical (unpaired) electrons. The van der Waals surface area contributed by atoms with Gasteiger partial charge in [0.2, 0.25) is 0 Å². The number of pyridine rings is 1. The number of rotatable bonds is 5. The molecule has 2 aromatic carbocycles. The van der Waals surface area contributed by atoms with Crippen molar-refractivity contribution in [3.63, 3.8) is 0 Å². The van der Waals surface area contributed by atoms with Crippen LogP contribution in [0.1, 0.15) is 11.3 Å². The first-order valence-electron chi connectivity index (χ1n) is 9.27. The summed E-state index contributed by atoms with van der Waals surface area (Å²) >= 11 is 0. The van der Waals surface area contributed by atoms with E-state index in [1.165, 1.54) is 0 Å². The molecule has 0 unspecified atom stereocenters. The molecule has 0 bridgehead atoms. The third-order valence-electron chi connectivity index (χ3n) is 4.67. The second-order valence-electron chi connectivity index (χ2n) is 6.61. The quantitative estimate of drug-likeness (QED) is 0.564. The van der Waals surface area contributed by atoms with Gasteiger partial charge in [0.05, 0.1) is 23.3 Å². The van der Waals surface area contributed by atoms with Gasteiger partial charge in [-0.1, -0.05) is 6.07 Å². The van der Waals surface area contributed by atoms with Gasteiger partial charge >= 0.3 is 0 Å². The molecule has 0 saturated heterocycles. The first-order chi connectivity index (χ1) is 13.8. The molecule has 28 heavy (non-hydrogen) atoms. The van der Waals surface area contributed by atoms with Crippen molar-refractivity contribution in [3.05, 3.63) is 78.1 Å². The monoisotopic (exact) mass is 369 g/mol. The summed E-state index contributed by atoms with van der Waals surface area (Å²) in [6.45, 7) is 2.18. The molecule has 0 saturated carbocycles. The lowest BCUT2D eigenvalue weighted by Gasteiger charge is -2.06. The molecule has 1 aliphatic rings. The molecule has 5 rings (SSSR count). The predicted octanol–water partition coefficient (Wildman–Crippen LogP) is 3.55. The number of hydrogen-bond donors (Lipinski definition) is 2. The average Bonchev–Trinajstić information content (AvgIpc) is 3.43. The van der Waals surface area contributed by atoms with Crippen LogP contribution >= 0.6 is 0 Å².